The van der Waals surface area contributed by atoms with Crippen LogP contribution in [0, 0.1) is 0 Å². The summed E-state index contributed by atoms with van der Waals surface area (Å²) in [5, 5.41) is 3.64. The quantitative estimate of drug-likeness (QED) is 0.870. The van der Waals surface area contributed by atoms with E-state index in [0.29, 0.717) is 6.04 Å². The highest BCUT2D eigenvalue weighted by atomic mass is 16.5. The lowest BCUT2D eigenvalue weighted by molar-refractivity contribution is 0.167. The first-order chi connectivity index (χ1) is 8.13. The standard InChI is InChI=1S/C14H21NO2/c1-11(15-14(2)7-8-17-10-14)12-5-4-6-13(9-12)16-3/h4-6,9,11,15H,7-8,10H2,1-3H3/t11-,14-/m1/s1. The molecule has 0 unspecified atom stereocenters. The highest BCUT2D eigenvalue weighted by Crippen LogP contribution is 2.24. The van der Waals surface area contributed by atoms with Gasteiger partial charge in [0.25, 0.3) is 0 Å². The van der Waals surface area contributed by atoms with Gasteiger partial charge >= 0.3 is 0 Å². The molecular formula is C14H21NO2. The molecule has 1 saturated heterocycles. The summed E-state index contributed by atoms with van der Waals surface area (Å²) in [5.41, 5.74) is 1.35. The van der Waals surface area contributed by atoms with Crippen LogP contribution in [0.1, 0.15) is 31.9 Å². The molecule has 1 N–H and O–H groups in total. The minimum absolute atomic E-state index is 0.0997. The molecule has 0 spiro atoms. The van der Waals surface area contributed by atoms with Gasteiger partial charge in [0, 0.05) is 18.2 Å². The van der Waals surface area contributed by atoms with Crippen LogP contribution in [0.2, 0.25) is 0 Å². The molecule has 0 radical (unpaired) electrons. The number of rotatable bonds is 4. The predicted octanol–water partition coefficient (Wildman–Crippen LogP) is 2.52. The lowest BCUT2D eigenvalue weighted by atomic mass is 9.98. The normalized spacial score (nSPS) is 25.8. The van der Waals surface area contributed by atoms with E-state index in [1.165, 1.54) is 5.56 Å². The third-order valence-corrected chi connectivity index (χ3v) is 3.38. The average molecular weight is 235 g/mol. The van der Waals surface area contributed by atoms with Gasteiger partial charge in [-0.3, -0.25) is 0 Å². The summed E-state index contributed by atoms with van der Waals surface area (Å²) in [4.78, 5) is 0. The number of benzene rings is 1. The maximum Gasteiger partial charge on any atom is 0.119 e. The Hall–Kier alpha value is -1.06. The number of ether oxygens (including phenoxy) is 2. The van der Waals surface area contributed by atoms with Gasteiger partial charge in [-0.1, -0.05) is 12.1 Å². The second-order valence-corrected chi connectivity index (χ2v) is 5.01. The Morgan fingerprint density at radius 2 is 2.29 bits per heavy atom. The van der Waals surface area contributed by atoms with Gasteiger partial charge < -0.3 is 14.8 Å². The first kappa shape index (κ1) is 12.4. The summed E-state index contributed by atoms with van der Waals surface area (Å²) < 4.78 is 10.7. The molecule has 0 amide bonds. The summed E-state index contributed by atoms with van der Waals surface area (Å²) in [6.07, 6.45) is 1.07. The van der Waals surface area contributed by atoms with Crippen molar-refractivity contribution in [2.75, 3.05) is 20.3 Å². The highest BCUT2D eigenvalue weighted by Gasteiger charge is 2.30. The Balaban J connectivity index is 2.05. The maximum absolute atomic E-state index is 5.45. The van der Waals surface area contributed by atoms with E-state index in [0.717, 1.165) is 25.4 Å². The monoisotopic (exact) mass is 235 g/mol. The Bertz CT molecular complexity index is 372. The number of hydrogen-bond acceptors (Lipinski definition) is 3. The Morgan fingerprint density at radius 1 is 1.47 bits per heavy atom. The fourth-order valence-corrected chi connectivity index (χ4v) is 2.30. The van der Waals surface area contributed by atoms with Crippen LogP contribution in [0.15, 0.2) is 24.3 Å². The van der Waals surface area contributed by atoms with E-state index in [9.17, 15) is 0 Å². The zero-order chi connectivity index (χ0) is 12.3. The molecule has 3 nitrogen and oxygen atoms in total. The molecule has 1 heterocycles. The van der Waals surface area contributed by atoms with Crippen LogP contribution in [-0.4, -0.2) is 25.9 Å². The van der Waals surface area contributed by atoms with E-state index in [1.54, 1.807) is 7.11 Å². The smallest absolute Gasteiger partial charge is 0.119 e. The van der Waals surface area contributed by atoms with Gasteiger partial charge in [0.15, 0.2) is 0 Å². The minimum atomic E-state index is 0.0997. The first-order valence-electron chi connectivity index (χ1n) is 6.12. The second kappa shape index (κ2) is 5.07. The van der Waals surface area contributed by atoms with Crippen molar-refractivity contribution in [3.05, 3.63) is 29.8 Å². The molecule has 0 aromatic heterocycles. The lowest BCUT2D eigenvalue weighted by Gasteiger charge is -2.28. The summed E-state index contributed by atoms with van der Waals surface area (Å²) in [7, 11) is 1.70. The minimum Gasteiger partial charge on any atom is -0.497 e. The van der Waals surface area contributed by atoms with Crippen molar-refractivity contribution in [2.24, 2.45) is 0 Å². The van der Waals surface area contributed by atoms with E-state index in [2.05, 4.69) is 31.3 Å². The van der Waals surface area contributed by atoms with Crippen molar-refractivity contribution < 1.29 is 9.47 Å². The molecule has 1 aromatic rings. The molecule has 17 heavy (non-hydrogen) atoms. The van der Waals surface area contributed by atoms with Crippen LogP contribution in [0.4, 0.5) is 0 Å². The molecule has 3 heteroatoms. The van der Waals surface area contributed by atoms with Gasteiger partial charge in [-0.25, -0.2) is 0 Å². The Morgan fingerprint density at radius 3 is 2.94 bits per heavy atom. The lowest BCUT2D eigenvalue weighted by Crippen LogP contribution is -2.44. The van der Waals surface area contributed by atoms with Crippen molar-refractivity contribution in [3.8, 4) is 5.75 Å². The summed E-state index contributed by atoms with van der Waals surface area (Å²) in [6.45, 7) is 6.05. The first-order valence-corrected chi connectivity index (χ1v) is 6.12. The molecule has 0 bridgehead atoms. The van der Waals surface area contributed by atoms with Crippen molar-refractivity contribution in [2.45, 2.75) is 31.8 Å². The van der Waals surface area contributed by atoms with Gasteiger partial charge in [-0.2, -0.15) is 0 Å². The van der Waals surface area contributed by atoms with Crippen LogP contribution in [0.3, 0.4) is 0 Å². The summed E-state index contributed by atoms with van der Waals surface area (Å²) >= 11 is 0. The van der Waals surface area contributed by atoms with Crippen molar-refractivity contribution in [1.29, 1.82) is 0 Å². The molecule has 1 aromatic carbocycles. The van der Waals surface area contributed by atoms with Gasteiger partial charge in [0.2, 0.25) is 0 Å². The van der Waals surface area contributed by atoms with E-state index in [4.69, 9.17) is 9.47 Å². The topological polar surface area (TPSA) is 30.5 Å². The van der Waals surface area contributed by atoms with E-state index >= 15 is 0 Å². The molecule has 94 valence electrons. The van der Waals surface area contributed by atoms with Crippen LogP contribution in [-0.2, 0) is 4.74 Å². The third-order valence-electron chi connectivity index (χ3n) is 3.38. The largest absolute Gasteiger partial charge is 0.497 e. The fraction of sp³-hybridized carbons (Fsp3) is 0.571. The fourth-order valence-electron chi connectivity index (χ4n) is 2.30. The second-order valence-electron chi connectivity index (χ2n) is 5.01. The summed E-state index contributed by atoms with van der Waals surface area (Å²) in [6, 6.07) is 8.50. The molecule has 1 aliphatic heterocycles. The molecule has 0 aliphatic carbocycles. The van der Waals surface area contributed by atoms with Crippen LogP contribution in [0.5, 0.6) is 5.75 Å². The van der Waals surface area contributed by atoms with Crippen molar-refractivity contribution in [1.82, 2.24) is 5.32 Å². The molecule has 2 atom stereocenters. The van der Waals surface area contributed by atoms with Gasteiger partial charge in [-0.05, 0) is 38.0 Å². The highest BCUT2D eigenvalue weighted by molar-refractivity contribution is 5.30. The number of methoxy groups -OCH3 is 1. The Labute approximate surface area is 103 Å². The maximum atomic E-state index is 5.45. The number of hydrogen-bond donors (Lipinski definition) is 1. The van der Waals surface area contributed by atoms with Crippen LogP contribution in [0.25, 0.3) is 0 Å². The van der Waals surface area contributed by atoms with E-state index in [-0.39, 0.29) is 5.54 Å². The molecule has 0 saturated carbocycles. The van der Waals surface area contributed by atoms with Crippen molar-refractivity contribution in [3.63, 3.8) is 0 Å². The van der Waals surface area contributed by atoms with Crippen molar-refractivity contribution >= 4 is 0 Å². The SMILES string of the molecule is COc1cccc([C@@H](C)N[C@]2(C)CCOC2)c1. The predicted molar refractivity (Wildman–Crippen MR) is 68.4 cm³/mol. The van der Waals surface area contributed by atoms with E-state index in [1.807, 2.05) is 12.1 Å². The van der Waals surface area contributed by atoms with Crippen LogP contribution >= 0.6 is 0 Å². The average Bonchev–Trinajstić information content (AvgIpc) is 2.76. The third kappa shape index (κ3) is 2.99. The summed E-state index contributed by atoms with van der Waals surface area (Å²) in [5.74, 6) is 0.906. The van der Waals surface area contributed by atoms with E-state index < -0.39 is 0 Å². The molecule has 1 aliphatic rings. The Kier molecular flexibility index (Phi) is 3.69. The molecule has 1 fully saturated rings. The van der Waals surface area contributed by atoms with Gasteiger partial charge in [0.1, 0.15) is 5.75 Å². The van der Waals surface area contributed by atoms with Gasteiger partial charge in [-0.15, -0.1) is 0 Å². The molecular weight excluding hydrogens is 214 g/mol. The zero-order valence-electron chi connectivity index (χ0n) is 10.8. The van der Waals surface area contributed by atoms with Gasteiger partial charge in [0.05, 0.1) is 13.7 Å². The van der Waals surface area contributed by atoms with Crippen LogP contribution < -0.4 is 10.1 Å². The molecule has 2 rings (SSSR count). The zero-order valence-corrected chi connectivity index (χ0v) is 10.8. The number of nitrogens with one attached hydrogen (secondary N) is 1.